The first-order valence-electron chi connectivity index (χ1n) is 10.3. The van der Waals surface area contributed by atoms with Gasteiger partial charge in [0.1, 0.15) is 11.4 Å². The van der Waals surface area contributed by atoms with E-state index in [1.165, 1.54) is 4.31 Å². The highest BCUT2D eigenvalue weighted by atomic mass is 32.2. The molecule has 1 N–H and O–H groups in total. The molecule has 1 aliphatic heterocycles. The Bertz CT molecular complexity index is 1220. The highest BCUT2D eigenvalue weighted by Gasteiger charge is 2.26. The largest absolute Gasteiger partial charge is 0.451 e. The lowest BCUT2D eigenvalue weighted by molar-refractivity contribution is 0.0922. The number of nitrogens with zero attached hydrogens (tertiary/aromatic N) is 3. The molecule has 0 unspecified atom stereocenters. The van der Waals surface area contributed by atoms with Crippen molar-refractivity contribution < 1.29 is 17.6 Å². The lowest BCUT2D eigenvalue weighted by Crippen LogP contribution is -2.37. The van der Waals surface area contributed by atoms with Gasteiger partial charge in [0.2, 0.25) is 10.0 Å². The third-order valence-electron chi connectivity index (χ3n) is 5.17. The smallest absolute Gasteiger partial charge is 0.287 e. The van der Waals surface area contributed by atoms with Gasteiger partial charge in [0.05, 0.1) is 5.75 Å². The van der Waals surface area contributed by atoms with Crippen molar-refractivity contribution in [3.05, 3.63) is 66.0 Å². The molecule has 1 amide bonds. The molecule has 0 aliphatic carbocycles. The minimum absolute atomic E-state index is 0.0862. The van der Waals surface area contributed by atoms with E-state index in [1.807, 2.05) is 48.9 Å². The first-order chi connectivity index (χ1) is 14.8. The number of fused-ring (bicyclic) bond motifs is 1. The maximum atomic E-state index is 12.5. The molecule has 31 heavy (non-hydrogen) atoms. The van der Waals surface area contributed by atoms with Crippen LogP contribution in [0, 0.1) is 5.92 Å². The van der Waals surface area contributed by atoms with Crippen LogP contribution in [0.4, 0.5) is 0 Å². The molecule has 1 aliphatic rings. The number of hydrogen-bond acceptors (Lipinski definition) is 5. The third-order valence-corrected chi connectivity index (χ3v) is 7.38. The Morgan fingerprint density at radius 1 is 1.26 bits per heavy atom. The summed E-state index contributed by atoms with van der Waals surface area (Å²) in [4.78, 5) is 16.7. The van der Waals surface area contributed by atoms with Gasteiger partial charge in [-0.25, -0.2) is 13.4 Å². The van der Waals surface area contributed by atoms with Gasteiger partial charge in [-0.1, -0.05) is 19.9 Å². The predicted octanol–water partition coefficient (Wildman–Crippen LogP) is 2.93. The minimum Gasteiger partial charge on any atom is -0.451 e. The van der Waals surface area contributed by atoms with Crippen LogP contribution in [0.3, 0.4) is 0 Å². The summed E-state index contributed by atoms with van der Waals surface area (Å²) >= 11 is 0. The van der Waals surface area contributed by atoms with Crippen LogP contribution in [0.15, 0.2) is 53.3 Å². The molecule has 164 valence electrons. The lowest BCUT2D eigenvalue weighted by Gasteiger charge is -2.26. The molecule has 3 aromatic rings. The maximum absolute atomic E-state index is 12.5. The van der Waals surface area contributed by atoms with Crippen molar-refractivity contribution in [2.45, 2.75) is 26.8 Å². The van der Waals surface area contributed by atoms with Crippen molar-refractivity contribution in [1.29, 1.82) is 0 Å². The predicted molar refractivity (Wildman–Crippen MR) is 118 cm³/mol. The molecule has 0 radical (unpaired) electrons. The van der Waals surface area contributed by atoms with E-state index in [4.69, 9.17) is 4.42 Å². The Morgan fingerprint density at radius 2 is 2.10 bits per heavy atom. The fourth-order valence-corrected chi connectivity index (χ4v) is 5.34. The zero-order valence-corrected chi connectivity index (χ0v) is 18.4. The van der Waals surface area contributed by atoms with Gasteiger partial charge >= 0.3 is 0 Å². The van der Waals surface area contributed by atoms with Crippen LogP contribution in [0.1, 0.15) is 42.1 Å². The minimum atomic E-state index is -3.25. The quantitative estimate of drug-likeness (QED) is 0.607. The number of imidazole rings is 1. The van der Waals surface area contributed by atoms with E-state index in [0.717, 1.165) is 16.8 Å². The Hall–Kier alpha value is -2.91. The van der Waals surface area contributed by atoms with Crippen LogP contribution in [0.5, 0.6) is 0 Å². The number of carbonyl (C=O) groups is 1. The second-order valence-electron chi connectivity index (χ2n) is 8.08. The maximum Gasteiger partial charge on any atom is 0.287 e. The lowest BCUT2D eigenvalue weighted by atomic mass is 10.1. The van der Waals surface area contributed by atoms with Gasteiger partial charge in [0, 0.05) is 38.2 Å². The number of nitrogens with one attached hydrogen (secondary N) is 1. The van der Waals surface area contributed by atoms with Gasteiger partial charge in [-0.2, -0.15) is 4.31 Å². The summed E-state index contributed by atoms with van der Waals surface area (Å²) in [5, 5.41) is 2.86. The molecule has 8 nitrogen and oxygen atoms in total. The van der Waals surface area contributed by atoms with Gasteiger partial charge in [-0.05, 0) is 47.7 Å². The second kappa shape index (κ2) is 8.68. The number of amides is 1. The zero-order chi connectivity index (χ0) is 22.0. The molecule has 0 saturated carbocycles. The highest BCUT2D eigenvalue weighted by Crippen LogP contribution is 2.26. The first-order valence-corrected chi connectivity index (χ1v) is 11.9. The van der Waals surface area contributed by atoms with Crippen LogP contribution in [-0.2, 0) is 16.6 Å². The highest BCUT2D eigenvalue weighted by molar-refractivity contribution is 7.89. The first kappa shape index (κ1) is 21.3. The molecule has 4 heterocycles. The van der Waals surface area contributed by atoms with E-state index < -0.39 is 10.0 Å². The van der Waals surface area contributed by atoms with Crippen LogP contribution in [-0.4, -0.2) is 46.9 Å². The summed E-state index contributed by atoms with van der Waals surface area (Å²) in [7, 11) is -3.25. The van der Waals surface area contributed by atoms with Gasteiger partial charge < -0.3 is 14.1 Å². The van der Waals surface area contributed by atoms with Crippen molar-refractivity contribution >= 4 is 27.2 Å². The summed E-state index contributed by atoms with van der Waals surface area (Å²) in [6, 6.07) is 7.25. The van der Waals surface area contributed by atoms with Crippen molar-refractivity contribution in [3.63, 3.8) is 0 Å². The summed E-state index contributed by atoms with van der Waals surface area (Å²) in [6.07, 6.45) is 7.90. The van der Waals surface area contributed by atoms with Crippen molar-refractivity contribution in [1.82, 2.24) is 19.0 Å². The molecule has 3 aromatic heterocycles. The van der Waals surface area contributed by atoms with Crippen molar-refractivity contribution in [2.24, 2.45) is 5.92 Å². The summed E-state index contributed by atoms with van der Waals surface area (Å²) in [5.74, 6) is 0.766. The van der Waals surface area contributed by atoms with E-state index in [0.29, 0.717) is 31.8 Å². The van der Waals surface area contributed by atoms with Gasteiger partial charge in [-0.3, -0.25) is 4.79 Å². The summed E-state index contributed by atoms with van der Waals surface area (Å²) in [5.41, 5.74) is 2.68. The molecule has 0 bridgehead atoms. The van der Waals surface area contributed by atoms with Gasteiger partial charge in [0.25, 0.3) is 5.91 Å². The van der Waals surface area contributed by atoms with E-state index >= 15 is 0 Å². The second-order valence-corrected chi connectivity index (χ2v) is 10.1. The zero-order valence-electron chi connectivity index (χ0n) is 17.6. The molecule has 0 saturated heterocycles. The molecule has 4 rings (SSSR count). The molecular formula is C22H26N4O4S. The monoisotopic (exact) mass is 442 g/mol. The standard InChI is InChI=1S/C22H26N4O4S/c1-16(2)15-31(28,29)26-10-6-18(7-11-26)19-3-4-20(30-19)22(27)24-14-17-5-9-25-12-8-23-21(25)13-17/h3-6,8-9,12-13,16H,7,10-11,14-15H2,1-2H3,(H,24,27). The normalized spacial score (nSPS) is 15.4. The van der Waals surface area contributed by atoms with E-state index in [2.05, 4.69) is 10.3 Å². The molecule has 0 spiro atoms. The Balaban J connectivity index is 1.37. The van der Waals surface area contributed by atoms with Crippen LogP contribution in [0.2, 0.25) is 0 Å². The average molecular weight is 443 g/mol. The molecular weight excluding hydrogens is 416 g/mol. The number of furan rings is 1. The summed E-state index contributed by atoms with van der Waals surface area (Å²) in [6.45, 7) is 4.90. The summed E-state index contributed by atoms with van der Waals surface area (Å²) < 4.78 is 33.9. The van der Waals surface area contributed by atoms with Crippen molar-refractivity contribution in [3.8, 4) is 0 Å². The van der Waals surface area contributed by atoms with E-state index in [-0.39, 0.29) is 23.3 Å². The number of pyridine rings is 1. The SMILES string of the molecule is CC(C)CS(=O)(=O)N1CC=C(c2ccc(C(=O)NCc3ccn4ccnc4c3)o2)CC1. The van der Waals surface area contributed by atoms with Crippen LogP contribution in [0.25, 0.3) is 11.2 Å². The topological polar surface area (TPSA) is 96.9 Å². The molecule has 0 atom stereocenters. The van der Waals surface area contributed by atoms with Crippen LogP contribution >= 0.6 is 0 Å². The van der Waals surface area contributed by atoms with Gasteiger partial charge in [0.15, 0.2) is 5.76 Å². The number of sulfonamides is 1. The number of aromatic nitrogens is 2. The number of rotatable bonds is 7. The number of carbonyl (C=O) groups excluding carboxylic acids is 1. The average Bonchev–Trinajstić information content (AvgIpc) is 3.40. The third kappa shape index (κ3) is 4.88. The Labute approximate surface area is 181 Å². The fraction of sp³-hybridized carbons (Fsp3) is 0.364. The Kier molecular flexibility index (Phi) is 5.97. The number of hydrogen-bond donors (Lipinski definition) is 1. The Morgan fingerprint density at radius 3 is 2.84 bits per heavy atom. The fourth-order valence-electron chi connectivity index (χ4n) is 3.62. The molecule has 0 aromatic carbocycles. The molecule has 0 fully saturated rings. The van der Waals surface area contributed by atoms with Crippen molar-refractivity contribution in [2.75, 3.05) is 18.8 Å². The van der Waals surface area contributed by atoms with Gasteiger partial charge in [-0.15, -0.1) is 0 Å². The van der Waals surface area contributed by atoms with E-state index in [1.54, 1.807) is 18.3 Å². The van der Waals surface area contributed by atoms with Crippen LogP contribution < -0.4 is 5.32 Å². The molecule has 9 heteroatoms. The van der Waals surface area contributed by atoms with E-state index in [9.17, 15) is 13.2 Å².